The number of carbonyl (C=O) groups is 1. The molecule has 0 heterocycles. The lowest BCUT2D eigenvalue weighted by molar-refractivity contribution is 0.0734. The van der Waals surface area contributed by atoms with E-state index in [-0.39, 0.29) is 17.3 Å². The van der Waals surface area contributed by atoms with Crippen LogP contribution in [0.15, 0.2) is 42.5 Å². The van der Waals surface area contributed by atoms with Gasteiger partial charge < -0.3 is 4.74 Å². The molecule has 2 aromatic carbocycles. The van der Waals surface area contributed by atoms with Gasteiger partial charge in [0.05, 0.1) is 5.56 Å². The lowest BCUT2D eigenvalue weighted by Gasteiger charge is -2.42. The summed E-state index contributed by atoms with van der Waals surface area (Å²) >= 11 is 0. The first-order valence-corrected chi connectivity index (χ1v) is 12.2. The number of hydrogen-bond acceptors (Lipinski definition) is 2. The van der Waals surface area contributed by atoms with Crippen molar-refractivity contribution >= 4 is 5.97 Å². The molecule has 2 aliphatic carbocycles. The van der Waals surface area contributed by atoms with Crippen molar-refractivity contribution in [3.63, 3.8) is 0 Å². The predicted molar refractivity (Wildman–Crippen MR) is 123 cm³/mol. The zero-order chi connectivity index (χ0) is 21.8. The molecular weight excluding hydrogens is 387 g/mol. The molecule has 0 aromatic heterocycles. The van der Waals surface area contributed by atoms with Crippen LogP contribution in [0, 0.1) is 23.6 Å². The normalized spacial score (nSPS) is 25.6. The summed E-state index contributed by atoms with van der Waals surface area (Å²) in [7, 11) is 0. The molecule has 0 N–H and O–H groups in total. The summed E-state index contributed by atoms with van der Waals surface area (Å²) in [6.45, 7) is 4.36. The van der Waals surface area contributed by atoms with Crippen LogP contribution < -0.4 is 4.74 Å². The minimum absolute atomic E-state index is 0.265. The lowest BCUT2D eigenvalue weighted by atomic mass is 9.63. The number of benzene rings is 2. The second-order valence-electron chi connectivity index (χ2n) is 9.62. The van der Waals surface area contributed by atoms with Crippen LogP contribution in [0.25, 0.3) is 0 Å². The molecule has 4 rings (SSSR count). The lowest BCUT2D eigenvalue weighted by Crippen LogP contribution is -2.30. The molecule has 166 valence electrons. The number of hydrogen-bond donors (Lipinski definition) is 0. The maximum absolute atomic E-state index is 15.0. The number of ether oxygens (including phenoxy) is 1. The predicted octanol–water partition coefficient (Wildman–Crippen LogP) is 7.71. The molecular formula is C28H35FO2. The van der Waals surface area contributed by atoms with Gasteiger partial charge in [0.15, 0.2) is 0 Å². The summed E-state index contributed by atoms with van der Waals surface area (Å²) in [6, 6.07) is 12.4. The maximum Gasteiger partial charge on any atom is 0.343 e. The first-order chi connectivity index (χ1) is 15.1. The van der Waals surface area contributed by atoms with Gasteiger partial charge in [-0.15, -0.1) is 0 Å². The number of carbonyl (C=O) groups excluding carboxylic acids is 1. The van der Waals surface area contributed by atoms with Gasteiger partial charge in [0.25, 0.3) is 0 Å². The third-order valence-corrected chi connectivity index (χ3v) is 7.64. The highest BCUT2D eigenvalue weighted by molar-refractivity contribution is 5.91. The van der Waals surface area contributed by atoms with Gasteiger partial charge in [0.1, 0.15) is 11.6 Å². The van der Waals surface area contributed by atoms with Crippen molar-refractivity contribution in [3.8, 4) is 5.75 Å². The molecule has 3 heteroatoms. The Morgan fingerprint density at radius 1 is 0.968 bits per heavy atom. The van der Waals surface area contributed by atoms with Crippen molar-refractivity contribution in [1.82, 2.24) is 0 Å². The van der Waals surface area contributed by atoms with Crippen LogP contribution in [0.1, 0.15) is 92.6 Å². The summed E-state index contributed by atoms with van der Waals surface area (Å²) in [5.74, 6) is 2.47. The van der Waals surface area contributed by atoms with Gasteiger partial charge in [-0.2, -0.15) is 0 Å². The van der Waals surface area contributed by atoms with Crippen molar-refractivity contribution in [2.45, 2.75) is 77.6 Å². The fraction of sp³-hybridized carbons (Fsp3) is 0.536. The van der Waals surface area contributed by atoms with Gasteiger partial charge in [-0.25, -0.2) is 9.18 Å². The largest absolute Gasteiger partial charge is 0.423 e. The summed E-state index contributed by atoms with van der Waals surface area (Å²) in [4.78, 5) is 12.5. The number of halogens is 1. The van der Waals surface area contributed by atoms with E-state index in [2.05, 4.69) is 13.8 Å². The summed E-state index contributed by atoms with van der Waals surface area (Å²) < 4.78 is 20.4. The Hall–Kier alpha value is -2.16. The summed E-state index contributed by atoms with van der Waals surface area (Å²) in [5.41, 5.74) is 2.23. The quantitative estimate of drug-likeness (QED) is 0.352. The minimum Gasteiger partial charge on any atom is -0.423 e. The second-order valence-corrected chi connectivity index (χ2v) is 9.62. The fourth-order valence-corrected chi connectivity index (χ4v) is 5.88. The van der Waals surface area contributed by atoms with E-state index in [0.29, 0.717) is 5.75 Å². The molecule has 2 nitrogen and oxygen atoms in total. The second kappa shape index (κ2) is 9.97. The van der Waals surface area contributed by atoms with Crippen LogP contribution in [-0.4, -0.2) is 5.97 Å². The highest BCUT2D eigenvalue weighted by Crippen LogP contribution is 2.48. The average Bonchev–Trinajstić information content (AvgIpc) is 2.79. The summed E-state index contributed by atoms with van der Waals surface area (Å²) in [5, 5.41) is 0. The van der Waals surface area contributed by atoms with Gasteiger partial charge in [-0.1, -0.05) is 51.3 Å². The zero-order valence-corrected chi connectivity index (χ0v) is 18.9. The van der Waals surface area contributed by atoms with E-state index in [9.17, 15) is 4.79 Å². The van der Waals surface area contributed by atoms with Gasteiger partial charge in [-0.3, -0.25) is 0 Å². The van der Waals surface area contributed by atoms with Crippen LogP contribution in [-0.2, 0) is 6.42 Å². The number of aryl methyl sites for hydroxylation is 1. The van der Waals surface area contributed by atoms with E-state index in [1.165, 1.54) is 50.2 Å². The maximum atomic E-state index is 15.0. The van der Waals surface area contributed by atoms with Crippen LogP contribution in [0.3, 0.4) is 0 Å². The highest BCUT2D eigenvalue weighted by Gasteiger charge is 2.36. The molecule has 0 amide bonds. The fourth-order valence-electron chi connectivity index (χ4n) is 5.88. The molecule has 0 spiro atoms. The Labute approximate surface area is 186 Å². The first-order valence-electron chi connectivity index (χ1n) is 12.2. The van der Waals surface area contributed by atoms with E-state index < -0.39 is 5.97 Å². The van der Waals surface area contributed by atoms with Crippen LogP contribution in [0.5, 0.6) is 5.75 Å². The Morgan fingerprint density at radius 2 is 1.71 bits per heavy atom. The van der Waals surface area contributed by atoms with Crippen molar-refractivity contribution < 1.29 is 13.9 Å². The number of rotatable bonds is 6. The SMILES string of the molecule is CCC[C@H]1CC[C@@H]2CC(c3ccc(C(=O)Oc4ccc(CC)cc4)cc3F)CC[C@H]2C1. The smallest absolute Gasteiger partial charge is 0.343 e. The molecule has 0 aliphatic heterocycles. The third-order valence-electron chi connectivity index (χ3n) is 7.64. The zero-order valence-electron chi connectivity index (χ0n) is 18.9. The molecule has 0 radical (unpaired) electrons. The Morgan fingerprint density at radius 3 is 2.42 bits per heavy atom. The average molecular weight is 423 g/mol. The van der Waals surface area contributed by atoms with Crippen molar-refractivity contribution in [1.29, 1.82) is 0 Å². The van der Waals surface area contributed by atoms with E-state index in [4.69, 9.17) is 4.74 Å². The molecule has 0 bridgehead atoms. The van der Waals surface area contributed by atoms with E-state index in [1.54, 1.807) is 18.2 Å². The molecule has 31 heavy (non-hydrogen) atoms. The van der Waals surface area contributed by atoms with Gasteiger partial charge in [-0.05, 0) is 97.6 Å². The van der Waals surface area contributed by atoms with Crippen molar-refractivity contribution in [2.75, 3.05) is 0 Å². The highest BCUT2D eigenvalue weighted by atomic mass is 19.1. The molecule has 2 aliphatic rings. The first kappa shape index (κ1) is 22.0. The van der Waals surface area contributed by atoms with E-state index in [1.807, 2.05) is 18.2 Å². The van der Waals surface area contributed by atoms with E-state index in [0.717, 1.165) is 42.6 Å². The van der Waals surface area contributed by atoms with Crippen molar-refractivity contribution in [3.05, 3.63) is 65.0 Å². The minimum atomic E-state index is -0.507. The van der Waals surface area contributed by atoms with Gasteiger partial charge in [0, 0.05) is 0 Å². The number of esters is 1. The topological polar surface area (TPSA) is 26.3 Å². The molecule has 4 atom stereocenters. The molecule has 2 aromatic rings. The van der Waals surface area contributed by atoms with Crippen LogP contribution in [0.2, 0.25) is 0 Å². The van der Waals surface area contributed by atoms with Crippen LogP contribution >= 0.6 is 0 Å². The molecule has 0 saturated heterocycles. The molecule has 2 saturated carbocycles. The standard InChI is InChI=1S/C28H35FO2/c1-3-5-20-6-9-22-17-23(11-10-21(22)16-20)26-15-12-24(18-27(26)29)28(30)31-25-13-7-19(4-2)8-14-25/h7-8,12-15,18,20-23H,3-6,9-11,16-17H2,1-2H3/t20-,21-,22+,23?/m0/s1. The monoisotopic (exact) mass is 422 g/mol. The third kappa shape index (κ3) is 5.19. The Balaban J connectivity index is 1.39. The van der Waals surface area contributed by atoms with Gasteiger partial charge >= 0.3 is 5.97 Å². The Kier molecular flexibility index (Phi) is 7.09. The van der Waals surface area contributed by atoms with Crippen molar-refractivity contribution in [2.24, 2.45) is 17.8 Å². The number of fused-ring (bicyclic) bond motifs is 1. The van der Waals surface area contributed by atoms with Gasteiger partial charge in [0.2, 0.25) is 0 Å². The molecule has 1 unspecified atom stereocenters. The molecule has 2 fully saturated rings. The van der Waals surface area contributed by atoms with Crippen LogP contribution in [0.4, 0.5) is 4.39 Å². The van der Waals surface area contributed by atoms with E-state index >= 15 is 4.39 Å². The summed E-state index contributed by atoms with van der Waals surface area (Å²) in [6.07, 6.45) is 11.0. The Bertz CT molecular complexity index is 888.